The van der Waals surface area contributed by atoms with Crippen LogP contribution in [0.3, 0.4) is 0 Å². The standard InChI is InChI=1S/C21H25N7O/c1-13-12-29-9-8-28(13)19-10-18(17(11-22)14(2)23-3)26-21(27-19)16-5-7-25-20-15(16)4-6-24-20/h4-7,10-11,13,22-23H,8-9,12H2,1-3H3,(H,24,25)/b17-14+,22-11?. The highest BCUT2D eigenvalue weighted by molar-refractivity contribution is 6.09. The maximum atomic E-state index is 7.94. The summed E-state index contributed by atoms with van der Waals surface area (Å²) in [6, 6.07) is 6.08. The molecule has 1 aliphatic rings. The number of aromatic amines is 1. The molecule has 0 aliphatic carbocycles. The molecule has 0 saturated carbocycles. The van der Waals surface area contributed by atoms with Gasteiger partial charge in [0.15, 0.2) is 5.82 Å². The Morgan fingerprint density at radius 2 is 2.24 bits per heavy atom. The third-order valence-electron chi connectivity index (χ3n) is 5.27. The second-order valence-electron chi connectivity index (χ2n) is 7.08. The molecule has 1 saturated heterocycles. The van der Waals surface area contributed by atoms with Gasteiger partial charge in [0, 0.05) is 60.5 Å². The van der Waals surface area contributed by atoms with Crippen molar-refractivity contribution in [3.63, 3.8) is 0 Å². The number of aromatic nitrogens is 4. The third kappa shape index (κ3) is 3.58. The van der Waals surface area contributed by atoms with Crippen LogP contribution in [0.2, 0.25) is 0 Å². The van der Waals surface area contributed by atoms with E-state index in [0.717, 1.165) is 40.2 Å². The molecule has 0 radical (unpaired) electrons. The summed E-state index contributed by atoms with van der Waals surface area (Å²) in [7, 11) is 1.85. The molecule has 29 heavy (non-hydrogen) atoms. The van der Waals surface area contributed by atoms with E-state index >= 15 is 0 Å². The average molecular weight is 391 g/mol. The molecule has 3 aromatic heterocycles. The lowest BCUT2D eigenvalue weighted by Crippen LogP contribution is -2.44. The van der Waals surface area contributed by atoms with Gasteiger partial charge in [-0.3, -0.25) is 0 Å². The van der Waals surface area contributed by atoms with Gasteiger partial charge in [0.1, 0.15) is 11.5 Å². The molecule has 3 aromatic rings. The molecule has 0 spiro atoms. The molecule has 4 rings (SSSR count). The number of nitrogens with one attached hydrogen (secondary N) is 3. The van der Waals surface area contributed by atoms with Crippen molar-refractivity contribution >= 4 is 28.6 Å². The number of allylic oxidation sites excluding steroid dienone is 2. The molecule has 1 aliphatic heterocycles. The zero-order valence-electron chi connectivity index (χ0n) is 16.9. The molecular weight excluding hydrogens is 366 g/mol. The molecule has 150 valence electrons. The van der Waals surface area contributed by atoms with E-state index in [-0.39, 0.29) is 6.04 Å². The topological polar surface area (TPSA) is 103 Å². The smallest absolute Gasteiger partial charge is 0.162 e. The summed E-state index contributed by atoms with van der Waals surface area (Å²) in [6.45, 7) is 6.16. The Hall–Kier alpha value is -3.26. The first-order valence-electron chi connectivity index (χ1n) is 9.67. The lowest BCUT2D eigenvalue weighted by molar-refractivity contribution is 0.0985. The number of rotatable bonds is 5. The van der Waals surface area contributed by atoms with Crippen LogP contribution in [0.5, 0.6) is 0 Å². The van der Waals surface area contributed by atoms with E-state index in [4.69, 9.17) is 20.1 Å². The first-order chi connectivity index (χ1) is 14.1. The van der Waals surface area contributed by atoms with Crippen LogP contribution in [-0.2, 0) is 4.74 Å². The van der Waals surface area contributed by atoms with Crippen molar-refractivity contribution in [1.82, 2.24) is 25.3 Å². The van der Waals surface area contributed by atoms with E-state index in [0.29, 0.717) is 24.7 Å². The van der Waals surface area contributed by atoms with Gasteiger partial charge in [0.25, 0.3) is 0 Å². The highest BCUT2D eigenvalue weighted by atomic mass is 16.5. The van der Waals surface area contributed by atoms with Crippen molar-refractivity contribution in [2.24, 2.45) is 0 Å². The van der Waals surface area contributed by atoms with Gasteiger partial charge in [0.05, 0.1) is 24.9 Å². The Kier molecular flexibility index (Phi) is 5.26. The normalized spacial score (nSPS) is 17.9. The highest BCUT2D eigenvalue weighted by Gasteiger charge is 2.23. The van der Waals surface area contributed by atoms with Gasteiger partial charge in [-0.25, -0.2) is 15.0 Å². The minimum atomic E-state index is 0.210. The molecule has 8 nitrogen and oxygen atoms in total. The van der Waals surface area contributed by atoms with Crippen LogP contribution in [-0.4, -0.2) is 59.0 Å². The number of ether oxygens (including phenoxy) is 1. The second kappa shape index (κ2) is 8.00. The second-order valence-corrected chi connectivity index (χ2v) is 7.08. The fourth-order valence-electron chi connectivity index (χ4n) is 3.57. The summed E-state index contributed by atoms with van der Waals surface area (Å²) in [5.74, 6) is 1.45. The summed E-state index contributed by atoms with van der Waals surface area (Å²) < 4.78 is 5.60. The van der Waals surface area contributed by atoms with Crippen molar-refractivity contribution in [2.75, 3.05) is 31.7 Å². The molecule has 8 heteroatoms. The first-order valence-corrected chi connectivity index (χ1v) is 9.67. The average Bonchev–Trinajstić information content (AvgIpc) is 3.23. The van der Waals surface area contributed by atoms with Crippen LogP contribution < -0.4 is 10.2 Å². The van der Waals surface area contributed by atoms with Gasteiger partial charge < -0.3 is 25.3 Å². The minimum Gasteiger partial charge on any atom is -0.391 e. The van der Waals surface area contributed by atoms with Gasteiger partial charge in [0.2, 0.25) is 0 Å². The number of hydrogen-bond donors (Lipinski definition) is 3. The fourth-order valence-corrected chi connectivity index (χ4v) is 3.57. The van der Waals surface area contributed by atoms with Crippen molar-refractivity contribution in [3.8, 4) is 11.4 Å². The molecule has 3 N–H and O–H groups in total. The molecule has 0 bridgehead atoms. The zero-order chi connectivity index (χ0) is 20.4. The number of hydrogen-bond acceptors (Lipinski definition) is 7. The number of nitrogens with zero attached hydrogens (tertiary/aromatic N) is 4. The SMILES string of the molecule is CN/C(C)=C(\C=N)c1cc(N2CCOCC2C)nc(-c2ccnc3[nH]ccc23)n1. The van der Waals surface area contributed by atoms with E-state index in [1.54, 1.807) is 6.20 Å². The van der Waals surface area contributed by atoms with Crippen LogP contribution in [0.25, 0.3) is 28.0 Å². The fraction of sp³-hybridized carbons (Fsp3) is 0.333. The van der Waals surface area contributed by atoms with Crippen LogP contribution >= 0.6 is 0 Å². The van der Waals surface area contributed by atoms with Gasteiger partial charge in [-0.05, 0) is 26.0 Å². The lowest BCUT2D eigenvalue weighted by atomic mass is 10.1. The van der Waals surface area contributed by atoms with E-state index in [1.807, 2.05) is 38.4 Å². The van der Waals surface area contributed by atoms with Crippen molar-refractivity contribution < 1.29 is 4.74 Å². The Balaban J connectivity index is 1.93. The number of H-pyrrole nitrogens is 1. The zero-order valence-corrected chi connectivity index (χ0v) is 16.9. The summed E-state index contributed by atoms with van der Waals surface area (Å²) in [4.78, 5) is 19.5. The highest BCUT2D eigenvalue weighted by Crippen LogP contribution is 2.29. The molecular formula is C21H25N7O. The van der Waals surface area contributed by atoms with Gasteiger partial charge in [-0.1, -0.05) is 0 Å². The lowest BCUT2D eigenvalue weighted by Gasteiger charge is -2.34. The minimum absolute atomic E-state index is 0.210. The maximum Gasteiger partial charge on any atom is 0.162 e. The van der Waals surface area contributed by atoms with Crippen molar-refractivity contribution in [2.45, 2.75) is 19.9 Å². The van der Waals surface area contributed by atoms with Gasteiger partial charge >= 0.3 is 0 Å². The summed E-state index contributed by atoms with van der Waals surface area (Å²) in [5.41, 5.74) is 4.04. The molecule has 1 unspecified atom stereocenters. The van der Waals surface area contributed by atoms with E-state index in [1.165, 1.54) is 6.21 Å². The molecule has 0 amide bonds. The Morgan fingerprint density at radius 3 is 3.00 bits per heavy atom. The van der Waals surface area contributed by atoms with Crippen LogP contribution in [0.1, 0.15) is 19.5 Å². The first kappa shape index (κ1) is 19.1. The van der Waals surface area contributed by atoms with Crippen molar-refractivity contribution in [3.05, 3.63) is 42.0 Å². The van der Waals surface area contributed by atoms with Crippen LogP contribution in [0.4, 0.5) is 5.82 Å². The Bertz CT molecular complexity index is 1070. The third-order valence-corrected chi connectivity index (χ3v) is 5.27. The number of pyridine rings is 1. The molecule has 0 aromatic carbocycles. The van der Waals surface area contributed by atoms with Gasteiger partial charge in [-0.15, -0.1) is 0 Å². The summed E-state index contributed by atoms with van der Waals surface area (Å²) >= 11 is 0. The predicted octanol–water partition coefficient (Wildman–Crippen LogP) is 2.84. The monoisotopic (exact) mass is 391 g/mol. The molecule has 4 heterocycles. The molecule has 1 atom stereocenters. The Labute approximate surface area is 169 Å². The van der Waals surface area contributed by atoms with E-state index in [2.05, 4.69) is 27.1 Å². The Morgan fingerprint density at radius 1 is 1.38 bits per heavy atom. The van der Waals surface area contributed by atoms with E-state index < -0.39 is 0 Å². The quantitative estimate of drug-likeness (QED) is 0.578. The largest absolute Gasteiger partial charge is 0.391 e. The molecule has 1 fully saturated rings. The summed E-state index contributed by atoms with van der Waals surface area (Å²) in [5, 5.41) is 12.0. The van der Waals surface area contributed by atoms with Gasteiger partial charge in [-0.2, -0.15) is 0 Å². The van der Waals surface area contributed by atoms with Crippen LogP contribution in [0, 0.1) is 5.41 Å². The number of anilines is 1. The van der Waals surface area contributed by atoms with Crippen molar-refractivity contribution in [1.29, 1.82) is 5.41 Å². The number of morpholine rings is 1. The maximum absolute atomic E-state index is 7.94. The number of fused-ring (bicyclic) bond motifs is 1. The predicted molar refractivity (Wildman–Crippen MR) is 115 cm³/mol. The van der Waals surface area contributed by atoms with E-state index in [9.17, 15) is 0 Å². The summed E-state index contributed by atoms with van der Waals surface area (Å²) in [6.07, 6.45) is 4.96. The van der Waals surface area contributed by atoms with Crippen LogP contribution in [0.15, 0.2) is 36.3 Å².